The highest BCUT2D eigenvalue weighted by Crippen LogP contribution is 2.25. The molecular weight excluding hydrogens is 333 g/mol. The number of fused-ring (bicyclic) bond motifs is 1. The van der Waals surface area contributed by atoms with E-state index in [2.05, 4.69) is 20.3 Å². The molecule has 3 aromatic rings. The maximum Gasteiger partial charge on any atom is 0.414 e. The van der Waals surface area contributed by atoms with E-state index in [0.717, 1.165) is 0 Å². The van der Waals surface area contributed by atoms with E-state index < -0.39 is 18.7 Å². The molecule has 1 unspecified atom stereocenters. The van der Waals surface area contributed by atoms with E-state index in [4.69, 9.17) is 5.11 Å². The SMILES string of the molecule is OC(CCNc1nc(-c2cccnc2)nc2ccccc12)C(F)(F)F. The number of aromatic nitrogens is 3. The summed E-state index contributed by atoms with van der Waals surface area (Å²) >= 11 is 0. The van der Waals surface area contributed by atoms with Crippen molar-refractivity contribution in [2.24, 2.45) is 0 Å². The lowest BCUT2D eigenvalue weighted by molar-refractivity contribution is -0.204. The molecule has 5 nitrogen and oxygen atoms in total. The number of aliphatic hydroxyl groups is 1. The van der Waals surface area contributed by atoms with Gasteiger partial charge >= 0.3 is 6.18 Å². The monoisotopic (exact) mass is 348 g/mol. The number of rotatable bonds is 5. The summed E-state index contributed by atoms with van der Waals surface area (Å²) in [7, 11) is 0. The number of anilines is 1. The van der Waals surface area contributed by atoms with Crippen LogP contribution in [0, 0.1) is 0 Å². The standard InChI is InChI=1S/C17H15F3N4O/c18-17(19,20)14(25)7-9-22-16-12-5-1-2-6-13(12)23-15(24-16)11-4-3-8-21-10-11/h1-6,8,10,14,25H,7,9H2,(H,22,23,24). The minimum Gasteiger partial charge on any atom is -0.384 e. The molecule has 0 radical (unpaired) electrons. The fraction of sp³-hybridized carbons (Fsp3) is 0.235. The van der Waals surface area contributed by atoms with Gasteiger partial charge in [-0.15, -0.1) is 0 Å². The number of para-hydroxylation sites is 1. The van der Waals surface area contributed by atoms with Gasteiger partial charge in [0.25, 0.3) is 0 Å². The van der Waals surface area contributed by atoms with Crippen LogP contribution in [-0.4, -0.2) is 38.9 Å². The van der Waals surface area contributed by atoms with Crippen LogP contribution in [0.25, 0.3) is 22.3 Å². The van der Waals surface area contributed by atoms with Crippen LogP contribution < -0.4 is 5.32 Å². The van der Waals surface area contributed by atoms with Crippen molar-refractivity contribution in [2.75, 3.05) is 11.9 Å². The first-order valence-electron chi connectivity index (χ1n) is 7.61. The van der Waals surface area contributed by atoms with Crippen molar-refractivity contribution in [2.45, 2.75) is 18.7 Å². The Labute approximate surface area is 141 Å². The van der Waals surface area contributed by atoms with E-state index in [-0.39, 0.29) is 6.54 Å². The summed E-state index contributed by atoms with van der Waals surface area (Å²) in [5.41, 5.74) is 1.36. The fourth-order valence-corrected chi connectivity index (χ4v) is 2.33. The van der Waals surface area contributed by atoms with E-state index in [0.29, 0.717) is 28.1 Å². The van der Waals surface area contributed by atoms with Gasteiger partial charge in [-0.05, 0) is 30.7 Å². The van der Waals surface area contributed by atoms with E-state index in [1.807, 2.05) is 6.07 Å². The molecule has 2 aromatic heterocycles. The van der Waals surface area contributed by atoms with Crippen LogP contribution in [0.5, 0.6) is 0 Å². The molecular formula is C17H15F3N4O. The Morgan fingerprint density at radius 1 is 1.08 bits per heavy atom. The Balaban J connectivity index is 1.88. The summed E-state index contributed by atoms with van der Waals surface area (Å²) in [5, 5.41) is 12.7. The zero-order valence-electron chi connectivity index (χ0n) is 13.0. The summed E-state index contributed by atoms with van der Waals surface area (Å²) in [4.78, 5) is 12.9. The van der Waals surface area contributed by atoms with Gasteiger partial charge in [0.05, 0.1) is 5.52 Å². The van der Waals surface area contributed by atoms with E-state index in [1.54, 1.807) is 42.7 Å². The van der Waals surface area contributed by atoms with Crippen LogP contribution in [0.1, 0.15) is 6.42 Å². The maximum atomic E-state index is 12.4. The number of hydrogen-bond acceptors (Lipinski definition) is 5. The average Bonchev–Trinajstić information content (AvgIpc) is 2.61. The maximum absolute atomic E-state index is 12.4. The van der Waals surface area contributed by atoms with Crippen LogP contribution in [0.3, 0.4) is 0 Å². The Bertz CT molecular complexity index is 855. The average molecular weight is 348 g/mol. The van der Waals surface area contributed by atoms with Gasteiger partial charge < -0.3 is 10.4 Å². The van der Waals surface area contributed by atoms with Gasteiger partial charge in [0.2, 0.25) is 0 Å². The zero-order valence-corrected chi connectivity index (χ0v) is 13.0. The Hall–Kier alpha value is -2.74. The number of hydrogen-bond donors (Lipinski definition) is 2. The van der Waals surface area contributed by atoms with Crippen molar-refractivity contribution < 1.29 is 18.3 Å². The molecule has 0 bridgehead atoms. The minimum absolute atomic E-state index is 0.0752. The normalized spacial score (nSPS) is 13.0. The zero-order chi connectivity index (χ0) is 17.9. The third-order valence-corrected chi connectivity index (χ3v) is 3.61. The second-order valence-corrected chi connectivity index (χ2v) is 5.43. The van der Waals surface area contributed by atoms with Gasteiger partial charge in [-0.2, -0.15) is 13.2 Å². The highest BCUT2D eigenvalue weighted by molar-refractivity contribution is 5.90. The number of nitrogens with zero attached hydrogens (tertiary/aromatic N) is 3. The summed E-state index contributed by atoms with van der Waals surface area (Å²) in [6, 6.07) is 10.7. The fourth-order valence-electron chi connectivity index (χ4n) is 2.33. The molecule has 130 valence electrons. The number of nitrogens with one attached hydrogen (secondary N) is 1. The molecule has 0 saturated carbocycles. The van der Waals surface area contributed by atoms with E-state index >= 15 is 0 Å². The molecule has 0 amide bonds. The second-order valence-electron chi connectivity index (χ2n) is 5.43. The largest absolute Gasteiger partial charge is 0.414 e. The molecule has 1 atom stereocenters. The quantitative estimate of drug-likeness (QED) is 0.739. The highest BCUT2D eigenvalue weighted by Gasteiger charge is 2.37. The summed E-state index contributed by atoms with van der Waals surface area (Å²) < 4.78 is 37.2. The van der Waals surface area contributed by atoms with Crippen molar-refractivity contribution in [3.8, 4) is 11.4 Å². The van der Waals surface area contributed by atoms with Crippen LogP contribution in [0.15, 0.2) is 48.8 Å². The number of alkyl halides is 3. The van der Waals surface area contributed by atoms with Crippen LogP contribution >= 0.6 is 0 Å². The molecule has 0 fully saturated rings. The molecule has 0 spiro atoms. The summed E-state index contributed by atoms with van der Waals surface area (Å²) in [6.45, 7) is -0.0752. The van der Waals surface area contributed by atoms with E-state index in [1.165, 1.54) is 0 Å². The molecule has 1 aromatic carbocycles. The number of benzene rings is 1. The topological polar surface area (TPSA) is 70.9 Å². The smallest absolute Gasteiger partial charge is 0.384 e. The predicted octanol–water partition coefficient (Wildman–Crippen LogP) is 3.42. The molecule has 25 heavy (non-hydrogen) atoms. The highest BCUT2D eigenvalue weighted by atomic mass is 19.4. The lowest BCUT2D eigenvalue weighted by Crippen LogP contribution is -2.30. The minimum atomic E-state index is -4.63. The van der Waals surface area contributed by atoms with Gasteiger partial charge in [-0.1, -0.05) is 12.1 Å². The van der Waals surface area contributed by atoms with E-state index in [9.17, 15) is 13.2 Å². The molecule has 0 aliphatic carbocycles. The Morgan fingerprint density at radius 2 is 1.88 bits per heavy atom. The van der Waals surface area contributed by atoms with Gasteiger partial charge in [-0.3, -0.25) is 4.98 Å². The van der Waals surface area contributed by atoms with Crippen LogP contribution in [0.2, 0.25) is 0 Å². The second kappa shape index (κ2) is 7.02. The van der Waals surface area contributed by atoms with Gasteiger partial charge in [0, 0.05) is 29.9 Å². The van der Waals surface area contributed by atoms with Crippen molar-refractivity contribution in [1.29, 1.82) is 0 Å². The van der Waals surface area contributed by atoms with Crippen LogP contribution in [-0.2, 0) is 0 Å². The first-order valence-corrected chi connectivity index (χ1v) is 7.61. The third kappa shape index (κ3) is 4.03. The predicted molar refractivity (Wildman–Crippen MR) is 87.9 cm³/mol. The van der Waals surface area contributed by atoms with Crippen molar-refractivity contribution in [3.63, 3.8) is 0 Å². The van der Waals surface area contributed by atoms with Gasteiger partial charge in [-0.25, -0.2) is 9.97 Å². The first-order chi connectivity index (χ1) is 11.9. The molecule has 8 heteroatoms. The molecule has 3 rings (SSSR count). The van der Waals surface area contributed by atoms with Crippen molar-refractivity contribution in [3.05, 3.63) is 48.8 Å². The summed E-state index contributed by atoms with van der Waals surface area (Å²) in [5.74, 6) is 0.837. The lowest BCUT2D eigenvalue weighted by atomic mass is 10.2. The van der Waals surface area contributed by atoms with Crippen LogP contribution in [0.4, 0.5) is 19.0 Å². The van der Waals surface area contributed by atoms with Crippen molar-refractivity contribution in [1.82, 2.24) is 15.0 Å². The first kappa shape index (κ1) is 17.1. The number of aliphatic hydroxyl groups excluding tert-OH is 1. The Morgan fingerprint density at radius 3 is 2.60 bits per heavy atom. The number of pyridine rings is 1. The van der Waals surface area contributed by atoms with Gasteiger partial charge in [0.1, 0.15) is 5.82 Å². The third-order valence-electron chi connectivity index (χ3n) is 3.61. The molecule has 0 aliphatic heterocycles. The molecule has 2 N–H and O–H groups in total. The van der Waals surface area contributed by atoms with Gasteiger partial charge in [0.15, 0.2) is 11.9 Å². The van der Waals surface area contributed by atoms with Crippen molar-refractivity contribution >= 4 is 16.7 Å². The molecule has 0 aliphatic rings. The molecule has 2 heterocycles. The Kier molecular flexibility index (Phi) is 4.80. The molecule has 0 saturated heterocycles. The summed E-state index contributed by atoms with van der Waals surface area (Å²) in [6.07, 6.45) is -4.23. The number of halogens is 3. The lowest BCUT2D eigenvalue weighted by Gasteiger charge is -2.15.